The predicted octanol–water partition coefficient (Wildman–Crippen LogP) is 6.57. The lowest BCUT2D eigenvalue weighted by Gasteiger charge is -2.23. The van der Waals surface area contributed by atoms with E-state index in [0.717, 1.165) is 15.8 Å². The number of methoxy groups -OCH3 is 2. The fourth-order valence-electron chi connectivity index (χ4n) is 4.56. The fourth-order valence-corrected chi connectivity index (χ4v) is 6.32. The molecule has 2 N–H and O–H groups in total. The number of aliphatic hydroxyl groups is 1. The number of fused-ring (bicyclic) bond motifs is 1. The summed E-state index contributed by atoms with van der Waals surface area (Å²) >= 11 is 14.0. The molecule has 0 bridgehead atoms. The number of nitrogens with zero attached hydrogens (tertiary/aromatic N) is 2. The molecule has 0 saturated carbocycles. The van der Waals surface area contributed by atoms with Gasteiger partial charge >= 0.3 is 5.91 Å². The first-order valence-corrected chi connectivity index (χ1v) is 13.2. The Kier molecular flexibility index (Phi) is 6.92. The minimum atomic E-state index is -1.07. The normalized spacial score (nSPS) is 16.8. The molecular formula is C28H22Cl2N2O6S. The molecule has 3 aromatic carbocycles. The largest absolute Gasteiger partial charge is 0.508 e. The van der Waals surface area contributed by atoms with Crippen molar-refractivity contribution in [2.45, 2.75) is 19.9 Å². The summed E-state index contributed by atoms with van der Waals surface area (Å²) in [7, 11) is 2.72. The van der Waals surface area contributed by atoms with Gasteiger partial charge in [-0.1, -0.05) is 46.7 Å². The molecule has 2 heterocycles. The number of anilines is 1. The molecule has 1 unspecified atom stereocenters. The second kappa shape index (κ2) is 10.1. The summed E-state index contributed by atoms with van der Waals surface area (Å²) in [4.78, 5) is 33.0. The molecule has 1 aromatic heterocycles. The topological polar surface area (TPSA) is 109 Å². The number of carbonyl (C=O) groups excluding carboxylic acids is 2. The highest BCUT2D eigenvalue weighted by Crippen LogP contribution is 2.49. The van der Waals surface area contributed by atoms with E-state index in [1.807, 2.05) is 26.0 Å². The second-order valence-electron chi connectivity index (χ2n) is 8.95. The molecule has 0 spiro atoms. The van der Waals surface area contributed by atoms with E-state index >= 15 is 0 Å². The summed E-state index contributed by atoms with van der Waals surface area (Å²) in [5, 5.41) is 21.8. The number of thiazole rings is 1. The molecule has 200 valence electrons. The number of phenolic OH excluding ortho intramolecular Hbond substituents is 1. The Balaban J connectivity index is 1.78. The Hall–Kier alpha value is -3.79. The summed E-state index contributed by atoms with van der Waals surface area (Å²) in [5.74, 6) is -2.20. The maximum absolute atomic E-state index is 13.6. The molecule has 4 aromatic rings. The van der Waals surface area contributed by atoms with E-state index in [9.17, 15) is 19.8 Å². The number of amides is 1. The van der Waals surface area contributed by atoms with Crippen molar-refractivity contribution >= 4 is 67.3 Å². The summed E-state index contributed by atoms with van der Waals surface area (Å²) in [5.41, 5.74) is 3.04. The third-order valence-corrected chi connectivity index (χ3v) is 8.29. The molecule has 1 atom stereocenters. The molecule has 0 radical (unpaired) electrons. The zero-order chi connectivity index (χ0) is 28.2. The van der Waals surface area contributed by atoms with Gasteiger partial charge in [0.2, 0.25) is 0 Å². The monoisotopic (exact) mass is 584 g/mol. The van der Waals surface area contributed by atoms with Gasteiger partial charge in [0.05, 0.1) is 46.6 Å². The average molecular weight is 585 g/mol. The fraction of sp³-hybridized carbons (Fsp3) is 0.179. The van der Waals surface area contributed by atoms with Crippen LogP contribution in [0.1, 0.15) is 28.3 Å². The summed E-state index contributed by atoms with van der Waals surface area (Å²) < 4.78 is 11.5. The number of carbonyl (C=O) groups is 2. The summed E-state index contributed by atoms with van der Waals surface area (Å²) in [6.07, 6.45) is 0. The summed E-state index contributed by atoms with van der Waals surface area (Å²) in [6, 6.07) is 10.2. The maximum atomic E-state index is 13.6. The Morgan fingerprint density at radius 2 is 1.64 bits per heavy atom. The van der Waals surface area contributed by atoms with Gasteiger partial charge in [0, 0.05) is 0 Å². The van der Waals surface area contributed by atoms with Crippen LogP contribution in [0.3, 0.4) is 0 Å². The number of hydrogen-bond donors (Lipinski definition) is 2. The van der Waals surface area contributed by atoms with Gasteiger partial charge in [-0.3, -0.25) is 14.5 Å². The van der Waals surface area contributed by atoms with Crippen LogP contribution in [-0.2, 0) is 9.59 Å². The van der Waals surface area contributed by atoms with Crippen LogP contribution in [0.5, 0.6) is 17.2 Å². The van der Waals surface area contributed by atoms with Crippen molar-refractivity contribution in [3.63, 3.8) is 0 Å². The minimum Gasteiger partial charge on any atom is -0.508 e. The highest BCUT2D eigenvalue weighted by molar-refractivity contribution is 7.22. The molecule has 1 saturated heterocycles. The van der Waals surface area contributed by atoms with E-state index in [-0.39, 0.29) is 43.6 Å². The molecule has 39 heavy (non-hydrogen) atoms. The van der Waals surface area contributed by atoms with Gasteiger partial charge in [0.25, 0.3) is 5.78 Å². The van der Waals surface area contributed by atoms with Crippen molar-refractivity contribution < 1.29 is 29.3 Å². The number of aliphatic hydroxyl groups excluding tert-OH is 1. The number of aromatic hydroxyl groups is 1. The molecular weight excluding hydrogens is 563 g/mol. The van der Waals surface area contributed by atoms with Crippen LogP contribution in [-0.4, -0.2) is 41.1 Å². The third-order valence-electron chi connectivity index (χ3n) is 6.65. The van der Waals surface area contributed by atoms with Gasteiger partial charge in [0.1, 0.15) is 16.5 Å². The lowest BCUT2D eigenvalue weighted by molar-refractivity contribution is -0.132. The SMILES string of the molecule is COc1c(Cl)cc(/C(O)=C2\C(=O)C(=O)N(c3nc4cc(C)c(C)cc4s3)C2c2ccc(O)cc2)c(OC)c1Cl. The zero-order valence-corrected chi connectivity index (χ0v) is 23.5. The standard InChI is InChI=1S/C28H22Cl2N2O6S/c1-12-9-18-19(10-13(12)2)39-28(31-18)32-22(14-5-7-15(33)8-6-14)20(24(35)27(32)36)23(34)16-11-17(29)26(38-4)21(30)25(16)37-3/h5-11,22,33-34H,1-4H3/b23-20+. The second-order valence-corrected chi connectivity index (χ2v) is 10.7. The number of Topliss-reactive ketones (excluding diaryl/α,β-unsaturated/α-hetero) is 1. The number of ketones is 1. The van der Waals surface area contributed by atoms with Crippen molar-refractivity contribution in [1.82, 2.24) is 4.98 Å². The molecule has 8 nitrogen and oxygen atoms in total. The van der Waals surface area contributed by atoms with Crippen molar-refractivity contribution in [3.05, 3.63) is 80.3 Å². The molecule has 1 aliphatic rings. The third kappa shape index (κ3) is 4.36. The predicted molar refractivity (Wildman–Crippen MR) is 152 cm³/mol. The molecule has 1 fully saturated rings. The quantitative estimate of drug-likeness (QED) is 0.155. The smallest absolute Gasteiger partial charge is 0.301 e. The van der Waals surface area contributed by atoms with Crippen molar-refractivity contribution in [2.75, 3.05) is 19.1 Å². The van der Waals surface area contributed by atoms with Crippen LogP contribution in [0.4, 0.5) is 5.13 Å². The number of ether oxygens (including phenoxy) is 2. The molecule has 5 rings (SSSR count). The van der Waals surface area contributed by atoms with Crippen LogP contribution < -0.4 is 14.4 Å². The first-order chi connectivity index (χ1) is 18.6. The lowest BCUT2D eigenvalue weighted by atomic mass is 9.95. The molecule has 11 heteroatoms. The van der Waals surface area contributed by atoms with Gasteiger partial charge in [-0.2, -0.15) is 0 Å². The lowest BCUT2D eigenvalue weighted by Crippen LogP contribution is -2.29. The average Bonchev–Trinajstić information content (AvgIpc) is 3.41. The van der Waals surface area contributed by atoms with Crippen LogP contribution in [0.25, 0.3) is 16.0 Å². The van der Waals surface area contributed by atoms with Crippen LogP contribution in [0.2, 0.25) is 10.0 Å². The molecule has 1 aliphatic heterocycles. The highest BCUT2D eigenvalue weighted by Gasteiger charge is 2.48. The zero-order valence-electron chi connectivity index (χ0n) is 21.2. The number of halogens is 2. The van der Waals surface area contributed by atoms with E-state index in [0.29, 0.717) is 11.1 Å². The summed E-state index contributed by atoms with van der Waals surface area (Å²) in [6.45, 7) is 3.95. The number of phenols is 1. The minimum absolute atomic E-state index is 0.00275. The Morgan fingerprint density at radius 1 is 1.00 bits per heavy atom. The molecule has 0 aliphatic carbocycles. The van der Waals surface area contributed by atoms with E-state index in [1.165, 1.54) is 48.7 Å². The molecule has 1 amide bonds. The Bertz CT molecular complexity index is 1660. The number of benzene rings is 3. The van der Waals surface area contributed by atoms with Crippen LogP contribution in [0.15, 0.2) is 48.0 Å². The highest BCUT2D eigenvalue weighted by atomic mass is 35.5. The van der Waals surface area contributed by atoms with Crippen LogP contribution >= 0.6 is 34.5 Å². The number of aromatic nitrogens is 1. The van der Waals surface area contributed by atoms with Gasteiger partial charge in [-0.25, -0.2) is 4.98 Å². The van der Waals surface area contributed by atoms with Crippen molar-refractivity contribution in [3.8, 4) is 17.2 Å². The first kappa shape index (κ1) is 26.8. The van der Waals surface area contributed by atoms with E-state index in [4.69, 9.17) is 32.7 Å². The Labute approximate surface area is 237 Å². The first-order valence-electron chi connectivity index (χ1n) is 11.6. The Morgan fingerprint density at radius 3 is 2.28 bits per heavy atom. The van der Waals surface area contributed by atoms with Gasteiger partial charge < -0.3 is 19.7 Å². The number of rotatable bonds is 5. The number of hydrogen-bond acceptors (Lipinski definition) is 8. The van der Waals surface area contributed by atoms with E-state index in [2.05, 4.69) is 4.98 Å². The van der Waals surface area contributed by atoms with Crippen LogP contribution in [0, 0.1) is 13.8 Å². The maximum Gasteiger partial charge on any atom is 0.301 e. The van der Waals surface area contributed by atoms with Gasteiger partial charge in [-0.05, 0) is 60.9 Å². The number of aryl methyl sites for hydroxylation is 2. The van der Waals surface area contributed by atoms with E-state index in [1.54, 1.807) is 12.1 Å². The van der Waals surface area contributed by atoms with Crippen molar-refractivity contribution in [1.29, 1.82) is 0 Å². The van der Waals surface area contributed by atoms with Gasteiger partial charge in [-0.15, -0.1) is 0 Å². The van der Waals surface area contributed by atoms with Gasteiger partial charge in [0.15, 0.2) is 16.6 Å². The van der Waals surface area contributed by atoms with Crippen molar-refractivity contribution in [2.24, 2.45) is 0 Å². The van der Waals surface area contributed by atoms with E-state index < -0.39 is 23.5 Å².